The molecule has 0 aliphatic carbocycles. The number of aromatic nitrogens is 1. The maximum absolute atomic E-state index is 6.04. The van der Waals surface area contributed by atoms with Crippen LogP contribution in [-0.4, -0.2) is 4.98 Å². The van der Waals surface area contributed by atoms with Gasteiger partial charge in [0.15, 0.2) is 0 Å². The summed E-state index contributed by atoms with van der Waals surface area (Å²) in [5.41, 5.74) is 7.12. The fourth-order valence-electron chi connectivity index (χ4n) is 1.32. The van der Waals surface area contributed by atoms with Gasteiger partial charge in [-0.05, 0) is 18.2 Å². The minimum absolute atomic E-state index is 0.386. The number of hydrogen-bond donors (Lipinski definition) is 1. The number of anilines is 1. The molecule has 0 unspecified atom stereocenters. The zero-order valence-electron chi connectivity index (χ0n) is 7.74. The van der Waals surface area contributed by atoms with Crippen LogP contribution in [-0.2, 0) is 0 Å². The zero-order valence-corrected chi connectivity index (χ0v) is 9.26. The second kappa shape index (κ2) is 4.09. The zero-order chi connectivity index (χ0) is 10.8. The number of rotatable bonds is 1. The fourth-order valence-corrected chi connectivity index (χ4v) is 1.77. The highest BCUT2D eigenvalue weighted by molar-refractivity contribution is 6.33. The fraction of sp³-hybridized carbons (Fsp3) is 0. The molecule has 76 valence electrons. The van der Waals surface area contributed by atoms with Gasteiger partial charge in [-0.15, -0.1) is 0 Å². The molecule has 15 heavy (non-hydrogen) atoms. The highest BCUT2D eigenvalue weighted by atomic mass is 35.5. The Hall–Kier alpha value is -1.25. The molecule has 0 spiro atoms. The van der Waals surface area contributed by atoms with Gasteiger partial charge < -0.3 is 5.73 Å². The summed E-state index contributed by atoms with van der Waals surface area (Å²) < 4.78 is 0. The number of nitrogens with zero attached hydrogens (tertiary/aromatic N) is 1. The summed E-state index contributed by atoms with van der Waals surface area (Å²) >= 11 is 11.9. The van der Waals surface area contributed by atoms with Crippen LogP contribution in [0.5, 0.6) is 0 Å². The monoisotopic (exact) mass is 238 g/mol. The number of benzene rings is 1. The third-order valence-corrected chi connectivity index (χ3v) is 2.51. The van der Waals surface area contributed by atoms with Crippen LogP contribution in [0.15, 0.2) is 36.4 Å². The second-order valence-electron chi connectivity index (χ2n) is 3.08. The number of pyridine rings is 1. The highest BCUT2D eigenvalue weighted by Crippen LogP contribution is 2.28. The van der Waals surface area contributed by atoms with Crippen molar-refractivity contribution in [3.63, 3.8) is 0 Å². The Kier molecular flexibility index (Phi) is 2.80. The Bertz CT molecular complexity index is 477. The molecule has 0 aliphatic heterocycles. The lowest BCUT2D eigenvalue weighted by Crippen LogP contribution is -1.92. The number of hydrogen-bond acceptors (Lipinski definition) is 2. The normalized spacial score (nSPS) is 10.3. The maximum atomic E-state index is 6.04. The first-order valence-electron chi connectivity index (χ1n) is 4.35. The summed E-state index contributed by atoms with van der Waals surface area (Å²) in [6.45, 7) is 0. The van der Waals surface area contributed by atoms with Gasteiger partial charge in [0.05, 0.1) is 5.69 Å². The lowest BCUT2D eigenvalue weighted by atomic mass is 10.1. The van der Waals surface area contributed by atoms with Crippen molar-refractivity contribution in [3.05, 3.63) is 46.4 Å². The van der Waals surface area contributed by atoms with Crippen molar-refractivity contribution in [2.24, 2.45) is 0 Å². The third kappa shape index (κ3) is 2.22. The second-order valence-corrected chi connectivity index (χ2v) is 3.92. The number of nitrogens with two attached hydrogens (primary N) is 1. The molecule has 0 aliphatic rings. The van der Waals surface area contributed by atoms with Gasteiger partial charge in [0, 0.05) is 15.6 Å². The van der Waals surface area contributed by atoms with Crippen LogP contribution < -0.4 is 5.73 Å². The summed E-state index contributed by atoms with van der Waals surface area (Å²) in [6, 6.07) is 10.8. The molecule has 0 saturated heterocycles. The van der Waals surface area contributed by atoms with Crippen molar-refractivity contribution >= 4 is 29.0 Å². The summed E-state index contributed by atoms with van der Waals surface area (Å²) in [7, 11) is 0. The predicted octanol–water partition coefficient (Wildman–Crippen LogP) is 3.64. The third-order valence-electron chi connectivity index (χ3n) is 1.96. The molecule has 1 aromatic carbocycles. The van der Waals surface area contributed by atoms with Gasteiger partial charge in [-0.2, -0.15) is 0 Å². The molecule has 2 aromatic rings. The first kappa shape index (κ1) is 10.3. The summed E-state index contributed by atoms with van der Waals surface area (Å²) in [6.07, 6.45) is 0. The minimum Gasteiger partial charge on any atom is -0.384 e. The van der Waals surface area contributed by atoms with Crippen molar-refractivity contribution < 1.29 is 0 Å². The first-order chi connectivity index (χ1) is 7.16. The van der Waals surface area contributed by atoms with Crippen molar-refractivity contribution in [1.29, 1.82) is 0 Å². The van der Waals surface area contributed by atoms with E-state index in [0.717, 1.165) is 5.56 Å². The smallest absolute Gasteiger partial charge is 0.125 e. The van der Waals surface area contributed by atoms with Gasteiger partial charge >= 0.3 is 0 Å². The molecule has 0 bridgehead atoms. The molecule has 0 atom stereocenters. The van der Waals surface area contributed by atoms with E-state index in [4.69, 9.17) is 28.9 Å². The average Bonchev–Trinajstić information content (AvgIpc) is 2.16. The van der Waals surface area contributed by atoms with Crippen LogP contribution >= 0.6 is 23.2 Å². The van der Waals surface area contributed by atoms with E-state index in [0.29, 0.717) is 21.6 Å². The van der Waals surface area contributed by atoms with Gasteiger partial charge in [-0.1, -0.05) is 41.4 Å². The summed E-state index contributed by atoms with van der Waals surface area (Å²) in [4.78, 5) is 4.17. The van der Waals surface area contributed by atoms with Crippen molar-refractivity contribution in [3.8, 4) is 11.3 Å². The Labute approximate surface area is 97.7 Å². The van der Waals surface area contributed by atoms with E-state index >= 15 is 0 Å². The number of halogens is 2. The molecule has 2 nitrogen and oxygen atoms in total. The molecule has 0 fully saturated rings. The molecule has 0 radical (unpaired) electrons. The van der Waals surface area contributed by atoms with Gasteiger partial charge in [0.1, 0.15) is 5.82 Å². The van der Waals surface area contributed by atoms with Gasteiger partial charge in [0.2, 0.25) is 0 Å². The van der Waals surface area contributed by atoms with Gasteiger partial charge in [0.25, 0.3) is 0 Å². The molecule has 4 heteroatoms. The van der Waals surface area contributed by atoms with E-state index in [1.54, 1.807) is 18.2 Å². The molecule has 1 heterocycles. The quantitative estimate of drug-likeness (QED) is 0.825. The van der Waals surface area contributed by atoms with Crippen LogP contribution in [0.25, 0.3) is 11.3 Å². The Morgan fingerprint density at radius 3 is 2.47 bits per heavy atom. The lowest BCUT2D eigenvalue weighted by Gasteiger charge is -2.04. The van der Waals surface area contributed by atoms with Gasteiger partial charge in [-0.3, -0.25) is 0 Å². The van der Waals surface area contributed by atoms with E-state index in [1.807, 2.05) is 18.2 Å². The largest absolute Gasteiger partial charge is 0.384 e. The topological polar surface area (TPSA) is 38.9 Å². The van der Waals surface area contributed by atoms with E-state index in [9.17, 15) is 0 Å². The van der Waals surface area contributed by atoms with Crippen LogP contribution in [0.3, 0.4) is 0 Å². The molecule has 0 amide bonds. The van der Waals surface area contributed by atoms with Crippen LogP contribution in [0.4, 0.5) is 5.82 Å². The van der Waals surface area contributed by atoms with Crippen molar-refractivity contribution in [1.82, 2.24) is 4.98 Å². The molecule has 2 rings (SSSR count). The summed E-state index contributed by atoms with van der Waals surface area (Å²) in [5.74, 6) is 0.386. The van der Waals surface area contributed by atoms with Crippen LogP contribution in [0, 0.1) is 0 Å². The molecule has 1 aromatic heterocycles. The molecular formula is C11H8Cl2N2. The summed E-state index contributed by atoms with van der Waals surface area (Å²) in [5, 5.41) is 1.18. The first-order valence-corrected chi connectivity index (χ1v) is 5.10. The van der Waals surface area contributed by atoms with Crippen LogP contribution in [0.2, 0.25) is 10.0 Å². The highest BCUT2D eigenvalue weighted by Gasteiger charge is 2.05. The molecular weight excluding hydrogens is 231 g/mol. The predicted molar refractivity (Wildman–Crippen MR) is 64.1 cm³/mol. The van der Waals surface area contributed by atoms with Gasteiger partial charge in [-0.25, -0.2) is 4.98 Å². The van der Waals surface area contributed by atoms with E-state index in [-0.39, 0.29) is 0 Å². The lowest BCUT2D eigenvalue weighted by molar-refractivity contribution is 1.33. The molecule has 2 N–H and O–H groups in total. The van der Waals surface area contributed by atoms with E-state index in [2.05, 4.69) is 4.98 Å². The number of nitrogen functional groups attached to an aromatic ring is 1. The van der Waals surface area contributed by atoms with Crippen LogP contribution in [0.1, 0.15) is 0 Å². The van der Waals surface area contributed by atoms with E-state index in [1.165, 1.54) is 0 Å². The Morgan fingerprint density at radius 2 is 1.80 bits per heavy atom. The van der Waals surface area contributed by atoms with E-state index < -0.39 is 0 Å². The van der Waals surface area contributed by atoms with Crippen molar-refractivity contribution in [2.45, 2.75) is 0 Å². The van der Waals surface area contributed by atoms with Crippen molar-refractivity contribution in [2.75, 3.05) is 5.73 Å². The average molecular weight is 239 g/mol. The SMILES string of the molecule is Nc1cc(Cl)cc(-c2ccccc2Cl)n1. The Morgan fingerprint density at radius 1 is 1.07 bits per heavy atom. The Balaban J connectivity index is 2.59. The maximum Gasteiger partial charge on any atom is 0.125 e. The molecule has 0 saturated carbocycles. The minimum atomic E-state index is 0.386. The standard InChI is InChI=1S/C11H8Cl2N2/c12-7-5-10(15-11(14)6-7)8-3-1-2-4-9(8)13/h1-6H,(H2,14,15).